The van der Waals surface area contributed by atoms with Gasteiger partial charge in [-0.25, -0.2) is 0 Å². The van der Waals surface area contributed by atoms with Crippen LogP contribution in [0.25, 0.3) is 0 Å². The summed E-state index contributed by atoms with van der Waals surface area (Å²) in [6.45, 7) is 52.1. The topological polar surface area (TPSA) is 177 Å². The number of hydrogen-bond acceptors (Lipinski definition) is 10. The fraction of sp³-hybridized carbons (Fsp3) is 0.420. The van der Waals surface area contributed by atoms with Gasteiger partial charge < -0.3 is 40.1 Å². The zero-order valence-corrected chi connectivity index (χ0v) is 75.6. The van der Waals surface area contributed by atoms with E-state index in [1.165, 1.54) is 0 Å². The molecule has 8 aromatic carbocycles. The Balaban J connectivity index is 0.000000239. The number of aromatic nitrogens is 2. The molecule has 111 heavy (non-hydrogen) atoms. The van der Waals surface area contributed by atoms with E-state index in [1.54, 1.807) is 39.0 Å². The molecule has 0 fully saturated rings. The van der Waals surface area contributed by atoms with Crippen LogP contribution >= 0.6 is 0 Å². The molecule has 0 saturated heterocycles. The molecular formula is C100H122N2O8U. The number of pyridine rings is 2. The predicted molar refractivity (Wildman–Crippen MR) is 446 cm³/mol. The molecule has 0 aliphatic heterocycles. The molecule has 0 spiro atoms. The van der Waals surface area contributed by atoms with Crippen molar-refractivity contribution in [2.24, 2.45) is 0 Å². The average Bonchev–Trinajstić information content (AvgIpc) is 0.769. The Bertz CT molecular complexity index is 4240. The predicted octanol–water partition coefficient (Wildman–Crippen LogP) is 21.0. The number of rotatable bonds is 2. The van der Waals surface area contributed by atoms with Crippen LogP contribution in [-0.2, 0) is 94.7 Å². The Kier molecular flexibility index (Phi) is 27.0. The third kappa shape index (κ3) is 21.6. The van der Waals surface area contributed by atoms with Gasteiger partial charge in [-0.2, -0.15) is 0 Å². The monoisotopic (exact) mass is 1720 g/mol. The average molecular weight is 1720 g/mol. The quantitative estimate of drug-likeness (QED) is 0.169. The van der Waals surface area contributed by atoms with Crippen molar-refractivity contribution in [2.45, 2.75) is 261 Å². The molecule has 10 nitrogen and oxygen atoms in total. The minimum atomic E-state index is -0.225. The molecule has 0 radical (unpaired) electrons. The molecule has 0 saturated carbocycles. The second kappa shape index (κ2) is 34.1. The second-order valence-corrected chi connectivity index (χ2v) is 38.9. The van der Waals surface area contributed by atoms with Crippen LogP contribution in [0, 0.1) is 31.1 Å². The third-order valence-corrected chi connectivity index (χ3v) is 21.5. The van der Waals surface area contributed by atoms with E-state index in [1.807, 2.05) is 84.9 Å². The van der Waals surface area contributed by atoms with Crippen molar-refractivity contribution in [3.63, 3.8) is 0 Å². The Morgan fingerprint density at radius 1 is 0.234 bits per heavy atom. The number of hydrogen-bond donors (Lipinski definition) is 2. The van der Waals surface area contributed by atoms with Crippen molar-refractivity contribution in [3.8, 4) is 46.0 Å². The summed E-state index contributed by atoms with van der Waals surface area (Å²) in [4.78, 5) is 7.57. The van der Waals surface area contributed by atoms with E-state index < -0.39 is 0 Å². The summed E-state index contributed by atoms with van der Waals surface area (Å²) in [6.07, 6.45) is 9.75. The van der Waals surface area contributed by atoms with Gasteiger partial charge in [0.15, 0.2) is 0 Å². The maximum Gasteiger partial charge on any atom is 4.00 e. The van der Waals surface area contributed by atoms with Crippen LogP contribution in [0.3, 0.4) is 0 Å². The normalized spacial score (nSPS) is 13.4. The van der Waals surface area contributed by atoms with Crippen molar-refractivity contribution >= 4 is 0 Å². The molecule has 16 bridgehead atoms. The molecule has 2 aromatic heterocycles. The van der Waals surface area contributed by atoms with Crippen LogP contribution in [0.1, 0.15) is 300 Å². The summed E-state index contributed by atoms with van der Waals surface area (Å²) in [5.74, 6) is 1.74. The molecule has 11 heteroatoms. The Labute approximate surface area is 689 Å². The summed E-state index contributed by atoms with van der Waals surface area (Å²) in [5, 5.41) is 81.5. The van der Waals surface area contributed by atoms with Crippen molar-refractivity contribution in [3.05, 3.63) is 292 Å². The van der Waals surface area contributed by atoms with Gasteiger partial charge >= 0.3 is 31.1 Å². The molecule has 10 aromatic rings. The number of nitrogens with zero attached hydrogens (tertiary/aromatic N) is 2. The molecule has 2 N–H and O–H groups in total. The van der Waals surface area contributed by atoms with Crippen molar-refractivity contribution in [1.82, 2.24) is 9.97 Å². The maximum absolute atomic E-state index is 14.6. The van der Waals surface area contributed by atoms with E-state index in [4.69, 9.17) is 9.47 Å². The van der Waals surface area contributed by atoms with Gasteiger partial charge in [0.05, 0.1) is 14.2 Å². The summed E-state index contributed by atoms with van der Waals surface area (Å²) in [5.41, 5.74) is 19.2. The van der Waals surface area contributed by atoms with Crippen LogP contribution in [0.2, 0.25) is 0 Å². The molecule has 584 valence electrons. The fourth-order valence-corrected chi connectivity index (χ4v) is 14.4. The first-order chi connectivity index (χ1) is 50.9. The first kappa shape index (κ1) is 88.1. The molecule has 2 aliphatic carbocycles. The summed E-state index contributed by atoms with van der Waals surface area (Å²) in [7, 11) is 3.40. The first-order valence-corrected chi connectivity index (χ1v) is 39.1. The zero-order valence-electron chi connectivity index (χ0n) is 71.4. The molecule has 0 unspecified atom stereocenters. The number of methoxy groups -OCH3 is 2. The fourth-order valence-electron chi connectivity index (χ4n) is 14.4. The number of fused-ring (bicyclic) bond motifs is 16. The van der Waals surface area contributed by atoms with Gasteiger partial charge in [0, 0.05) is 76.2 Å². The van der Waals surface area contributed by atoms with Gasteiger partial charge in [-0.1, -0.05) is 320 Å². The van der Waals surface area contributed by atoms with Crippen molar-refractivity contribution < 1.29 is 71.2 Å². The number of benzene rings is 8. The largest absolute Gasteiger partial charge is 4.00 e. The Hall–Kier alpha value is -8.49. The van der Waals surface area contributed by atoms with Crippen LogP contribution in [-0.4, -0.2) is 34.4 Å². The molecule has 2 aliphatic rings. The Morgan fingerprint density at radius 2 is 0.369 bits per heavy atom. The third-order valence-electron chi connectivity index (χ3n) is 21.5. The van der Waals surface area contributed by atoms with E-state index in [0.717, 1.165) is 101 Å². The zero-order chi connectivity index (χ0) is 81.3. The minimum Gasteiger partial charge on any atom is -0.872 e. The van der Waals surface area contributed by atoms with Crippen molar-refractivity contribution in [1.29, 1.82) is 0 Å². The number of phenols is 2. The molecule has 12 rings (SSSR count). The van der Waals surface area contributed by atoms with Gasteiger partial charge in [0.25, 0.3) is 0 Å². The Morgan fingerprint density at radius 3 is 0.486 bits per heavy atom. The molecule has 0 atom stereocenters. The summed E-state index contributed by atoms with van der Waals surface area (Å²) >= 11 is 0. The van der Waals surface area contributed by atoms with E-state index in [-0.39, 0.29) is 135 Å². The van der Waals surface area contributed by atoms with E-state index >= 15 is 0 Å². The van der Waals surface area contributed by atoms with Gasteiger partial charge in [-0.3, -0.25) is 9.97 Å². The van der Waals surface area contributed by atoms with Gasteiger partial charge in [-0.15, -0.1) is 23.0 Å². The van der Waals surface area contributed by atoms with E-state index in [0.29, 0.717) is 70.2 Å². The molecular weight excluding hydrogens is 1600 g/mol. The van der Waals surface area contributed by atoms with Crippen LogP contribution in [0.5, 0.6) is 46.0 Å². The second-order valence-electron chi connectivity index (χ2n) is 38.9. The van der Waals surface area contributed by atoms with Crippen LogP contribution in [0.4, 0.5) is 0 Å². The minimum absolute atomic E-state index is 0. The molecule has 0 amide bonds. The van der Waals surface area contributed by atoms with E-state index in [2.05, 4.69) is 225 Å². The van der Waals surface area contributed by atoms with Crippen LogP contribution < -0.4 is 29.9 Å². The van der Waals surface area contributed by atoms with Gasteiger partial charge in [0.1, 0.15) is 23.0 Å². The van der Waals surface area contributed by atoms with E-state index in [9.17, 15) is 30.6 Å². The van der Waals surface area contributed by atoms with Crippen molar-refractivity contribution in [2.75, 3.05) is 14.2 Å². The van der Waals surface area contributed by atoms with Gasteiger partial charge in [0.2, 0.25) is 0 Å². The van der Waals surface area contributed by atoms with Gasteiger partial charge in [-0.05, 0) is 157 Å². The SMILES string of the molecule is CC(C)(C)c1cc2c([O-])c(c1)Cc1cc(C(C)(C)C)cc(c1O)Cc1cc(C(C)(C)C)cc(c1[O-])Cc1cc(C(C)(C)C)cc(c1O)C2.COc1c2cc(C(C)(C)C)cc1Cc1cc(C(C)(C)C)cc(c1[O-])Cc1cc(C(C)(C)C)cc(c1OC)Cc1cc(C(C)(C)C)cc(c1[O-])C2.[U+4].c1ccncc1.c1ccncc1. The number of aromatic hydroxyl groups is 2. The molecule has 2 heterocycles. The summed E-state index contributed by atoms with van der Waals surface area (Å²) in [6, 6.07) is 44.7. The number of ether oxygens (including phenoxy) is 2. The number of phenolic OH excluding ortho intramolecular Hbond substituents is 2. The smallest absolute Gasteiger partial charge is 0.872 e. The standard InChI is InChI=1S/C46H60O4.C44H56O4.2C5H5N.U/c1-43(2,3)35-19-27-15-31-23-37(45(7,8)9)25-33(41(31)49-13)17-29-21-36(44(4,5)6)22-30(40(29)48)18-34-26-38(46(10,11)12)24-32(42(34)50-14)16-28(20-35)39(27)47;1-41(2,3)33-17-25-13-27-19-34(42(4,5)6)21-29(38(27)46)15-31-23-36(44(10,11)12)24-32(40(31)48)16-30-22-35(43(7,8)9)20-28(39(30)47)14-26(18-33)37(25)45;2*1-2-4-6-5-3-1;/h19-26,47-48H,15-18H2,1-14H3;17-24,45-48H,13-16H2,1-12H3;2*1-5H;/q;;;;+4/p-4. The first-order valence-electron chi connectivity index (χ1n) is 39.1. The summed E-state index contributed by atoms with van der Waals surface area (Å²) < 4.78 is 12.4. The van der Waals surface area contributed by atoms with Crippen LogP contribution in [0.15, 0.2) is 158 Å². The maximum atomic E-state index is 14.6.